The Labute approximate surface area is 211 Å². The molecule has 0 radical (unpaired) electrons. The fourth-order valence-electron chi connectivity index (χ4n) is 4.57. The minimum absolute atomic E-state index is 0.0768. The van der Waals surface area contributed by atoms with Gasteiger partial charge in [-0.2, -0.15) is 0 Å². The van der Waals surface area contributed by atoms with Gasteiger partial charge in [-0.15, -0.1) is 0 Å². The molecule has 0 spiro atoms. The molecular formula is C22H28N6O9. The smallest absolute Gasteiger partial charge is 0.331 e. The van der Waals surface area contributed by atoms with Crippen molar-refractivity contribution in [3.8, 4) is 0 Å². The molecule has 0 aliphatic carbocycles. The number of azide groups is 2. The van der Waals surface area contributed by atoms with Gasteiger partial charge in [-0.3, -0.25) is 0 Å². The summed E-state index contributed by atoms with van der Waals surface area (Å²) in [6.07, 6.45) is -8.15. The first-order chi connectivity index (χ1) is 18.0. The van der Waals surface area contributed by atoms with Crippen LogP contribution in [0.15, 0.2) is 40.6 Å². The molecule has 0 aromatic heterocycles. The molecule has 1 N–H and O–H groups in total. The Morgan fingerprint density at radius 1 is 1.14 bits per heavy atom. The SMILES string of the molecule is CC[C@H]1OC(N=[N+]=[N-])C(O)[C@@H]1OC1OC2COC(c3ccccc3)O[C@@H]2[C@H](OCC(=O)OC)C1N=[N+]=[N-]. The Kier molecular flexibility index (Phi) is 9.16. The summed E-state index contributed by atoms with van der Waals surface area (Å²) in [6.45, 7) is 1.44. The number of ether oxygens (including phenoxy) is 7. The summed E-state index contributed by atoms with van der Waals surface area (Å²) in [6, 6.07) is 8.08. The normalized spacial score (nSPS) is 37.1. The van der Waals surface area contributed by atoms with E-state index in [2.05, 4.69) is 20.1 Å². The van der Waals surface area contributed by atoms with Gasteiger partial charge < -0.3 is 38.3 Å². The minimum atomic E-state index is -1.30. The van der Waals surface area contributed by atoms with Crippen LogP contribution in [-0.2, 0) is 38.0 Å². The molecule has 1 aromatic carbocycles. The van der Waals surface area contributed by atoms with E-state index < -0.39 is 74.0 Å². The third-order valence-electron chi connectivity index (χ3n) is 6.35. The quantitative estimate of drug-likeness (QED) is 0.219. The highest BCUT2D eigenvalue weighted by molar-refractivity contribution is 5.70. The number of rotatable bonds is 9. The van der Waals surface area contributed by atoms with E-state index in [-0.39, 0.29) is 6.61 Å². The maximum absolute atomic E-state index is 11.9. The summed E-state index contributed by atoms with van der Waals surface area (Å²) < 4.78 is 40.4. The van der Waals surface area contributed by atoms with Crippen LogP contribution in [0.4, 0.5) is 0 Å². The van der Waals surface area contributed by atoms with Gasteiger partial charge in [-0.25, -0.2) is 4.79 Å². The van der Waals surface area contributed by atoms with Crippen LogP contribution in [0, 0.1) is 0 Å². The number of fused-ring (bicyclic) bond motifs is 1. The highest BCUT2D eigenvalue weighted by Gasteiger charge is 2.53. The summed E-state index contributed by atoms with van der Waals surface area (Å²) in [5.41, 5.74) is 18.9. The second-order valence-electron chi connectivity index (χ2n) is 8.54. The average Bonchev–Trinajstić information content (AvgIpc) is 3.22. The highest BCUT2D eigenvalue weighted by atomic mass is 16.8. The summed E-state index contributed by atoms with van der Waals surface area (Å²) in [7, 11) is 1.22. The number of hydrogen-bond donors (Lipinski definition) is 1. The molecule has 0 amide bonds. The van der Waals surface area contributed by atoms with E-state index in [1.807, 2.05) is 37.3 Å². The molecule has 1 aromatic rings. The molecule has 15 nitrogen and oxygen atoms in total. The number of carbonyl (C=O) groups excluding carboxylic acids is 1. The lowest BCUT2D eigenvalue weighted by molar-refractivity contribution is -0.353. The number of aliphatic hydroxyl groups excluding tert-OH is 1. The number of methoxy groups -OCH3 is 1. The predicted octanol–water partition coefficient (Wildman–Crippen LogP) is 2.25. The van der Waals surface area contributed by atoms with Crippen LogP contribution in [0.5, 0.6) is 0 Å². The minimum Gasteiger partial charge on any atom is -0.467 e. The topological polar surface area (TPSA) is 199 Å². The van der Waals surface area contributed by atoms with E-state index >= 15 is 0 Å². The molecule has 200 valence electrons. The van der Waals surface area contributed by atoms with Crippen LogP contribution in [0.3, 0.4) is 0 Å². The van der Waals surface area contributed by atoms with Gasteiger partial charge in [0.1, 0.15) is 43.2 Å². The highest BCUT2D eigenvalue weighted by Crippen LogP contribution is 2.38. The second-order valence-corrected chi connectivity index (χ2v) is 8.54. The third kappa shape index (κ3) is 5.96. The maximum atomic E-state index is 11.9. The van der Waals surface area contributed by atoms with Crippen molar-refractivity contribution in [3.05, 3.63) is 56.8 Å². The number of nitrogens with zero attached hydrogens (tertiary/aromatic N) is 6. The lowest BCUT2D eigenvalue weighted by Gasteiger charge is -2.48. The zero-order valence-corrected chi connectivity index (χ0v) is 20.2. The summed E-state index contributed by atoms with van der Waals surface area (Å²) in [5, 5.41) is 18.0. The van der Waals surface area contributed by atoms with Crippen LogP contribution in [0.1, 0.15) is 25.2 Å². The number of carbonyl (C=O) groups is 1. The molecule has 3 fully saturated rings. The molecule has 0 bridgehead atoms. The van der Waals surface area contributed by atoms with Crippen molar-refractivity contribution in [2.24, 2.45) is 10.2 Å². The van der Waals surface area contributed by atoms with Crippen molar-refractivity contribution in [1.82, 2.24) is 0 Å². The predicted molar refractivity (Wildman–Crippen MR) is 122 cm³/mol. The molecule has 3 heterocycles. The van der Waals surface area contributed by atoms with Crippen molar-refractivity contribution in [1.29, 1.82) is 0 Å². The molecule has 15 heteroatoms. The van der Waals surface area contributed by atoms with Gasteiger partial charge in [0.05, 0.1) is 19.8 Å². The van der Waals surface area contributed by atoms with Crippen LogP contribution in [-0.4, -0.2) is 86.6 Å². The van der Waals surface area contributed by atoms with Crippen molar-refractivity contribution in [3.63, 3.8) is 0 Å². The maximum Gasteiger partial charge on any atom is 0.331 e. The lowest BCUT2D eigenvalue weighted by atomic mass is 9.95. The Morgan fingerprint density at radius 3 is 2.57 bits per heavy atom. The van der Waals surface area contributed by atoms with E-state index in [0.717, 1.165) is 5.56 Å². The van der Waals surface area contributed by atoms with Crippen LogP contribution < -0.4 is 0 Å². The summed E-state index contributed by atoms with van der Waals surface area (Å²) in [5.74, 6) is -0.644. The van der Waals surface area contributed by atoms with Crippen molar-refractivity contribution < 1.29 is 43.1 Å². The third-order valence-corrected chi connectivity index (χ3v) is 6.35. The Balaban J connectivity index is 1.60. The molecule has 3 saturated heterocycles. The zero-order chi connectivity index (χ0) is 26.4. The Morgan fingerprint density at radius 2 is 1.89 bits per heavy atom. The molecule has 3 aliphatic heterocycles. The Hall–Kier alpha value is -2.97. The molecule has 3 aliphatic rings. The molecule has 6 unspecified atom stereocenters. The van der Waals surface area contributed by atoms with E-state index in [0.29, 0.717) is 6.42 Å². The largest absolute Gasteiger partial charge is 0.467 e. The van der Waals surface area contributed by atoms with Crippen molar-refractivity contribution >= 4 is 5.97 Å². The lowest BCUT2D eigenvalue weighted by Crippen LogP contribution is -2.63. The van der Waals surface area contributed by atoms with Crippen LogP contribution in [0.2, 0.25) is 0 Å². The Bertz CT molecular complexity index is 1020. The summed E-state index contributed by atoms with van der Waals surface area (Å²) >= 11 is 0. The molecule has 37 heavy (non-hydrogen) atoms. The van der Waals surface area contributed by atoms with Gasteiger partial charge in [0.15, 0.2) is 18.8 Å². The molecule has 10 atom stereocenters. The first-order valence-electron chi connectivity index (χ1n) is 11.7. The fraction of sp³-hybridized carbons (Fsp3) is 0.682. The standard InChI is InChI=1S/C22H28N6O9/c1-3-12-17(16(30)20(34-12)26-28-24)36-22-15(25-27-23)19(32-10-14(29)31-2)18-13(35-22)9-33-21(37-18)11-7-5-4-6-8-11/h4-8,12-13,15-22,30H,3,9-10H2,1-2H3/t12-,13?,15?,16?,17-,18+,19-,20?,21?,22?/m1/s1. The van der Waals surface area contributed by atoms with Gasteiger partial charge in [0, 0.05) is 15.4 Å². The van der Waals surface area contributed by atoms with E-state index in [1.165, 1.54) is 7.11 Å². The van der Waals surface area contributed by atoms with E-state index in [9.17, 15) is 15.4 Å². The van der Waals surface area contributed by atoms with Crippen LogP contribution in [0.25, 0.3) is 20.9 Å². The van der Waals surface area contributed by atoms with Gasteiger partial charge >= 0.3 is 5.97 Å². The second kappa shape index (κ2) is 12.5. The average molecular weight is 520 g/mol. The number of esters is 1. The van der Waals surface area contributed by atoms with E-state index in [4.69, 9.17) is 38.7 Å². The fourth-order valence-corrected chi connectivity index (χ4v) is 4.57. The van der Waals surface area contributed by atoms with Crippen molar-refractivity contribution in [2.45, 2.75) is 74.8 Å². The zero-order valence-electron chi connectivity index (χ0n) is 20.2. The molecule has 4 rings (SSSR count). The monoisotopic (exact) mass is 520 g/mol. The number of benzene rings is 1. The first kappa shape index (κ1) is 27.1. The molecular weight excluding hydrogens is 492 g/mol. The van der Waals surface area contributed by atoms with Crippen LogP contribution >= 0.6 is 0 Å². The number of aliphatic hydroxyl groups is 1. The summed E-state index contributed by atoms with van der Waals surface area (Å²) in [4.78, 5) is 17.5. The van der Waals surface area contributed by atoms with Crippen molar-refractivity contribution in [2.75, 3.05) is 20.3 Å². The van der Waals surface area contributed by atoms with Gasteiger partial charge in [0.25, 0.3) is 0 Å². The first-order valence-corrected chi connectivity index (χ1v) is 11.7. The van der Waals surface area contributed by atoms with Gasteiger partial charge in [-0.1, -0.05) is 47.5 Å². The number of hydrogen-bond acceptors (Lipinski definition) is 11. The van der Waals surface area contributed by atoms with Gasteiger partial charge in [-0.05, 0) is 17.5 Å². The molecule has 0 saturated carbocycles. The van der Waals surface area contributed by atoms with Gasteiger partial charge in [0.2, 0.25) is 0 Å². The van der Waals surface area contributed by atoms with E-state index in [1.54, 1.807) is 0 Å².